The number of amides is 1. The number of aromatic nitrogens is 1. The van der Waals surface area contributed by atoms with Gasteiger partial charge in [-0.2, -0.15) is 0 Å². The summed E-state index contributed by atoms with van der Waals surface area (Å²) in [5, 5.41) is 0. The SMILES string of the molecule is CN(Cc1cccc(F)c1)C(=O)CCn1ccccc1=O. The lowest BCUT2D eigenvalue weighted by molar-refractivity contribution is -0.130. The molecule has 0 radical (unpaired) electrons. The van der Waals surface area contributed by atoms with Crippen LogP contribution in [0.25, 0.3) is 0 Å². The molecule has 5 heteroatoms. The van der Waals surface area contributed by atoms with E-state index in [-0.39, 0.29) is 23.7 Å². The fraction of sp³-hybridized carbons (Fsp3) is 0.250. The van der Waals surface area contributed by atoms with Gasteiger partial charge in [0.25, 0.3) is 5.56 Å². The van der Waals surface area contributed by atoms with Gasteiger partial charge in [0.1, 0.15) is 5.82 Å². The molecule has 1 aromatic carbocycles. The fourth-order valence-electron chi connectivity index (χ4n) is 2.05. The summed E-state index contributed by atoms with van der Waals surface area (Å²) in [5.41, 5.74) is 0.612. The predicted octanol–water partition coefficient (Wildman–Crippen LogP) is 2.04. The van der Waals surface area contributed by atoms with Crippen LogP contribution in [0.15, 0.2) is 53.5 Å². The topological polar surface area (TPSA) is 42.3 Å². The maximum Gasteiger partial charge on any atom is 0.250 e. The van der Waals surface area contributed by atoms with Crippen molar-refractivity contribution in [2.24, 2.45) is 0 Å². The average molecular weight is 288 g/mol. The van der Waals surface area contributed by atoms with E-state index in [1.165, 1.54) is 27.7 Å². The maximum absolute atomic E-state index is 13.1. The molecule has 0 unspecified atom stereocenters. The summed E-state index contributed by atoms with van der Waals surface area (Å²) >= 11 is 0. The van der Waals surface area contributed by atoms with E-state index >= 15 is 0 Å². The first-order valence-corrected chi connectivity index (χ1v) is 6.70. The molecule has 0 saturated heterocycles. The number of hydrogen-bond donors (Lipinski definition) is 0. The van der Waals surface area contributed by atoms with Gasteiger partial charge < -0.3 is 9.47 Å². The zero-order valence-electron chi connectivity index (χ0n) is 11.8. The molecule has 1 amide bonds. The van der Waals surface area contributed by atoms with Crippen LogP contribution in [-0.2, 0) is 17.9 Å². The van der Waals surface area contributed by atoms with Crippen molar-refractivity contribution >= 4 is 5.91 Å². The molecule has 1 heterocycles. The first-order valence-electron chi connectivity index (χ1n) is 6.70. The van der Waals surface area contributed by atoms with Gasteiger partial charge in [-0.25, -0.2) is 4.39 Å². The highest BCUT2D eigenvalue weighted by Gasteiger charge is 2.10. The number of halogens is 1. The highest BCUT2D eigenvalue weighted by molar-refractivity contribution is 5.75. The van der Waals surface area contributed by atoms with Crippen LogP contribution in [0, 0.1) is 5.82 Å². The number of hydrogen-bond acceptors (Lipinski definition) is 2. The smallest absolute Gasteiger partial charge is 0.250 e. The van der Waals surface area contributed by atoms with E-state index < -0.39 is 0 Å². The lowest BCUT2D eigenvalue weighted by atomic mass is 10.2. The molecular weight excluding hydrogens is 271 g/mol. The molecule has 0 aliphatic heterocycles. The van der Waals surface area contributed by atoms with Gasteiger partial charge >= 0.3 is 0 Å². The highest BCUT2D eigenvalue weighted by Crippen LogP contribution is 2.07. The van der Waals surface area contributed by atoms with Crippen LogP contribution in [0.2, 0.25) is 0 Å². The van der Waals surface area contributed by atoms with Crippen LogP contribution >= 0.6 is 0 Å². The minimum atomic E-state index is -0.316. The minimum absolute atomic E-state index is 0.0879. The van der Waals surface area contributed by atoms with Gasteiger partial charge in [0.05, 0.1) is 0 Å². The second-order valence-electron chi connectivity index (χ2n) is 4.86. The standard InChI is InChI=1S/C16H17FN2O2/c1-18(12-13-5-4-6-14(17)11-13)15(20)8-10-19-9-3-2-7-16(19)21/h2-7,9,11H,8,10,12H2,1H3. The zero-order chi connectivity index (χ0) is 15.2. The number of carbonyl (C=O) groups excluding carboxylic acids is 1. The lowest BCUT2D eigenvalue weighted by Gasteiger charge is -2.17. The molecular formula is C16H17FN2O2. The van der Waals surface area contributed by atoms with Gasteiger partial charge in [0.2, 0.25) is 5.91 Å². The summed E-state index contributed by atoms with van der Waals surface area (Å²) in [6.07, 6.45) is 1.89. The van der Waals surface area contributed by atoms with E-state index in [0.717, 1.165) is 5.56 Å². The molecule has 0 N–H and O–H groups in total. The third-order valence-electron chi connectivity index (χ3n) is 3.20. The van der Waals surface area contributed by atoms with Crippen LogP contribution in [-0.4, -0.2) is 22.4 Å². The van der Waals surface area contributed by atoms with E-state index in [1.807, 2.05) is 0 Å². The first kappa shape index (κ1) is 15.0. The summed E-state index contributed by atoms with van der Waals surface area (Å²) in [6, 6.07) is 11.0. The van der Waals surface area contributed by atoms with Gasteiger partial charge in [-0.3, -0.25) is 9.59 Å². The number of pyridine rings is 1. The van der Waals surface area contributed by atoms with Crippen LogP contribution in [0.5, 0.6) is 0 Å². The first-order chi connectivity index (χ1) is 10.1. The largest absolute Gasteiger partial charge is 0.341 e. The summed E-state index contributed by atoms with van der Waals surface area (Å²) in [6.45, 7) is 0.687. The fourth-order valence-corrected chi connectivity index (χ4v) is 2.05. The third-order valence-corrected chi connectivity index (χ3v) is 3.20. The van der Waals surface area contributed by atoms with Crippen LogP contribution in [0.4, 0.5) is 4.39 Å². The summed E-state index contributed by atoms with van der Waals surface area (Å²) < 4.78 is 14.6. The van der Waals surface area contributed by atoms with Crippen LogP contribution < -0.4 is 5.56 Å². The van der Waals surface area contributed by atoms with Crippen molar-refractivity contribution in [2.75, 3.05) is 7.05 Å². The third kappa shape index (κ3) is 4.27. The number of carbonyl (C=O) groups is 1. The van der Waals surface area contributed by atoms with Gasteiger partial charge in [-0.1, -0.05) is 18.2 Å². The molecule has 21 heavy (non-hydrogen) atoms. The van der Waals surface area contributed by atoms with Gasteiger partial charge in [0.15, 0.2) is 0 Å². The summed E-state index contributed by atoms with van der Waals surface area (Å²) in [4.78, 5) is 25.1. The van der Waals surface area contributed by atoms with Crippen molar-refractivity contribution in [2.45, 2.75) is 19.5 Å². The van der Waals surface area contributed by atoms with Gasteiger partial charge in [0, 0.05) is 38.8 Å². The van der Waals surface area contributed by atoms with Crippen molar-refractivity contribution in [3.05, 3.63) is 70.4 Å². The highest BCUT2D eigenvalue weighted by atomic mass is 19.1. The Morgan fingerprint density at radius 2 is 2.05 bits per heavy atom. The number of aryl methyl sites for hydroxylation is 1. The quantitative estimate of drug-likeness (QED) is 0.845. The Bertz CT molecular complexity index is 682. The van der Waals surface area contributed by atoms with Crippen molar-refractivity contribution < 1.29 is 9.18 Å². The Labute approximate surface area is 122 Å². The van der Waals surface area contributed by atoms with Gasteiger partial charge in [-0.15, -0.1) is 0 Å². The molecule has 2 aromatic rings. The van der Waals surface area contributed by atoms with E-state index in [4.69, 9.17) is 0 Å². The Morgan fingerprint density at radius 3 is 2.76 bits per heavy atom. The van der Waals surface area contributed by atoms with Crippen molar-refractivity contribution in [1.29, 1.82) is 0 Å². The molecule has 0 bridgehead atoms. The van der Waals surface area contributed by atoms with E-state index in [2.05, 4.69) is 0 Å². The predicted molar refractivity (Wildman–Crippen MR) is 78.2 cm³/mol. The molecule has 0 aliphatic carbocycles. The Hall–Kier alpha value is -2.43. The van der Waals surface area contributed by atoms with E-state index in [1.54, 1.807) is 37.5 Å². The summed E-state index contributed by atoms with van der Waals surface area (Å²) in [5.74, 6) is -0.404. The van der Waals surface area contributed by atoms with Crippen LogP contribution in [0.1, 0.15) is 12.0 Å². The van der Waals surface area contributed by atoms with Gasteiger partial charge in [-0.05, 0) is 23.8 Å². The molecule has 0 fully saturated rings. The average Bonchev–Trinajstić information content (AvgIpc) is 2.46. The molecule has 1 aromatic heterocycles. The molecule has 0 aliphatic rings. The molecule has 0 spiro atoms. The minimum Gasteiger partial charge on any atom is -0.341 e. The van der Waals surface area contributed by atoms with E-state index in [9.17, 15) is 14.0 Å². The number of nitrogens with zero attached hydrogens (tertiary/aromatic N) is 2. The molecule has 0 atom stereocenters. The molecule has 110 valence electrons. The molecule has 2 rings (SSSR count). The molecule has 0 saturated carbocycles. The monoisotopic (exact) mass is 288 g/mol. The Balaban J connectivity index is 1.91. The lowest BCUT2D eigenvalue weighted by Crippen LogP contribution is -2.28. The summed E-state index contributed by atoms with van der Waals surface area (Å²) in [7, 11) is 1.67. The maximum atomic E-state index is 13.1. The second kappa shape index (κ2) is 6.83. The van der Waals surface area contributed by atoms with Crippen molar-refractivity contribution in [1.82, 2.24) is 9.47 Å². The second-order valence-corrected chi connectivity index (χ2v) is 4.86. The normalized spacial score (nSPS) is 10.4. The Morgan fingerprint density at radius 1 is 1.24 bits per heavy atom. The van der Waals surface area contributed by atoms with Crippen molar-refractivity contribution in [3.63, 3.8) is 0 Å². The van der Waals surface area contributed by atoms with Crippen molar-refractivity contribution in [3.8, 4) is 0 Å². The van der Waals surface area contributed by atoms with Crippen LogP contribution in [0.3, 0.4) is 0 Å². The molecule has 4 nitrogen and oxygen atoms in total. The number of benzene rings is 1. The zero-order valence-corrected chi connectivity index (χ0v) is 11.8. The van der Waals surface area contributed by atoms with E-state index in [0.29, 0.717) is 13.1 Å². The Kier molecular flexibility index (Phi) is 4.87. The number of rotatable bonds is 5.